The van der Waals surface area contributed by atoms with Crippen molar-refractivity contribution in [2.75, 3.05) is 12.1 Å². The van der Waals surface area contributed by atoms with Gasteiger partial charge in [-0.05, 0) is 37.1 Å². The van der Waals surface area contributed by atoms with Gasteiger partial charge in [0.05, 0.1) is 0 Å². The largest absolute Gasteiger partial charge is 0.334 e. The predicted molar refractivity (Wildman–Crippen MR) is 85.5 cm³/mol. The van der Waals surface area contributed by atoms with E-state index < -0.39 is 9.84 Å². The number of amides is 1. The second kappa shape index (κ2) is 6.67. The van der Waals surface area contributed by atoms with Crippen LogP contribution in [0.3, 0.4) is 0 Å². The number of rotatable bonds is 6. The minimum atomic E-state index is -3.26. The van der Waals surface area contributed by atoms with Crippen LogP contribution >= 0.6 is 22.9 Å². The van der Waals surface area contributed by atoms with Crippen molar-refractivity contribution in [3.8, 4) is 0 Å². The van der Waals surface area contributed by atoms with Crippen molar-refractivity contribution in [1.29, 1.82) is 0 Å². The van der Waals surface area contributed by atoms with E-state index in [1.807, 2.05) is 6.92 Å². The number of carbonyl (C=O) groups is 1. The molecule has 1 fully saturated rings. The van der Waals surface area contributed by atoms with Crippen LogP contribution in [0.15, 0.2) is 15.7 Å². The SMILES string of the molecule is CC(C1CCC1)N(Cc1ccsc1S(C)(=O)=O)C(=O)CCl. The average molecular weight is 350 g/mol. The van der Waals surface area contributed by atoms with E-state index in [4.69, 9.17) is 11.6 Å². The summed E-state index contributed by atoms with van der Waals surface area (Å²) in [5.41, 5.74) is 0.687. The molecule has 1 atom stereocenters. The van der Waals surface area contributed by atoms with Crippen LogP contribution in [-0.4, -0.2) is 37.4 Å². The highest BCUT2D eigenvalue weighted by molar-refractivity contribution is 7.92. The lowest BCUT2D eigenvalue weighted by atomic mass is 9.79. The molecule has 0 N–H and O–H groups in total. The fraction of sp³-hybridized carbons (Fsp3) is 0.643. The molecule has 1 unspecified atom stereocenters. The zero-order valence-electron chi connectivity index (χ0n) is 12.2. The zero-order valence-corrected chi connectivity index (χ0v) is 14.6. The van der Waals surface area contributed by atoms with E-state index >= 15 is 0 Å². The fourth-order valence-electron chi connectivity index (χ4n) is 2.66. The molecule has 1 aliphatic carbocycles. The number of hydrogen-bond donors (Lipinski definition) is 0. The van der Waals surface area contributed by atoms with Gasteiger partial charge in [-0.1, -0.05) is 6.42 Å². The van der Waals surface area contributed by atoms with Crippen molar-refractivity contribution in [3.63, 3.8) is 0 Å². The molecule has 0 saturated heterocycles. The Morgan fingerprint density at radius 3 is 2.67 bits per heavy atom. The molecule has 0 aliphatic heterocycles. The highest BCUT2D eigenvalue weighted by atomic mass is 35.5. The van der Waals surface area contributed by atoms with Crippen molar-refractivity contribution in [1.82, 2.24) is 4.90 Å². The first kappa shape index (κ1) is 16.8. The topological polar surface area (TPSA) is 54.5 Å². The maximum absolute atomic E-state index is 12.1. The highest BCUT2D eigenvalue weighted by Gasteiger charge is 2.31. The van der Waals surface area contributed by atoms with Crippen LogP contribution in [0.25, 0.3) is 0 Å². The van der Waals surface area contributed by atoms with Crippen molar-refractivity contribution in [2.24, 2.45) is 5.92 Å². The molecule has 0 bridgehead atoms. The van der Waals surface area contributed by atoms with E-state index in [0.717, 1.165) is 12.8 Å². The lowest BCUT2D eigenvalue weighted by molar-refractivity contribution is -0.133. The predicted octanol–water partition coefficient (Wildman–Crippen LogP) is 2.91. The summed E-state index contributed by atoms with van der Waals surface area (Å²) in [4.78, 5) is 13.9. The van der Waals surface area contributed by atoms with Gasteiger partial charge in [0.1, 0.15) is 10.1 Å². The van der Waals surface area contributed by atoms with E-state index in [0.29, 0.717) is 22.2 Å². The quantitative estimate of drug-likeness (QED) is 0.742. The van der Waals surface area contributed by atoms with E-state index in [1.165, 1.54) is 24.0 Å². The number of hydrogen-bond acceptors (Lipinski definition) is 4. The van der Waals surface area contributed by atoms with Crippen LogP contribution < -0.4 is 0 Å². The summed E-state index contributed by atoms with van der Waals surface area (Å²) in [6, 6.07) is 1.88. The molecule has 2 rings (SSSR count). The Hall–Kier alpha value is -0.590. The minimum absolute atomic E-state index is 0.0740. The van der Waals surface area contributed by atoms with Gasteiger partial charge >= 0.3 is 0 Å². The lowest BCUT2D eigenvalue weighted by Crippen LogP contribution is -2.45. The smallest absolute Gasteiger partial charge is 0.238 e. The number of alkyl halides is 1. The molecule has 1 aromatic rings. The molecule has 7 heteroatoms. The van der Waals surface area contributed by atoms with Crippen molar-refractivity contribution >= 4 is 38.7 Å². The summed E-state index contributed by atoms with van der Waals surface area (Å²) in [5, 5.41) is 1.75. The molecular formula is C14H20ClNO3S2. The number of sulfone groups is 1. The molecule has 21 heavy (non-hydrogen) atoms. The molecule has 0 radical (unpaired) electrons. The van der Waals surface area contributed by atoms with Crippen molar-refractivity contribution < 1.29 is 13.2 Å². The van der Waals surface area contributed by atoms with Crippen LogP contribution in [0.1, 0.15) is 31.7 Å². The molecule has 1 aliphatic rings. The number of halogens is 1. The van der Waals surface area contributed by atoms with Gasteiger partial charge in [-0.25, -0.2) is 8.42 Å². The maximum Gasteiger partial charge on any atom is 0.238 e. The van der Waals surface area contributed by atoms with Crippen LogP contribution in [0, 0.1) is 5.92 Å². The number of thiophene rings is 1. The Morgan fingerprint density at radius 1 is 1.52 bits per heavy atom. The van der Waals surface area contributed by atoms with Gasteiger partial charge < -0.3 is 4.90 Å². The van der Waals surface area contributed by atoms with E-state index in [1.54, 1.807) is 16.3 Å². The Bertz CT molecular complexity index is 607. The summed E-state index contributed by atoms with van der Waals surface area (Å²) >= 11 is 6.92. The summed E-state index contributed by atoms with van der Waals surface area (Å²) < 4.78 is 23.9. The zero-order chi connectivity index (χ0) is 15.6. The van der Waals surface area contributed by atoms with E-state index in [-0.39, 0.29) is 17.8 Å². The number of carbonyl (C=O) groups excluding carboxylic acids is 1. The molecule has 1 heterocycles. The minimum Gasteiger partial charge on any atom is -0.334 e. The van der Waals surface area contributed by atoms with Gasteiger partial charge in [0.2, 0.25) is 5.91 Å². The standard InChI is InChI=1S/C14H20ClNO3S2/c1-10(11-4-3-5-11)16(13(17)8-15)9-12-6-7-20-14(12)21(2,18)19/h6-7,10-11H,3-5,8-9H2,1-2H3. The second-order valence-corrected chi connectivity index (χ2v) is 8.99. The van der Waals surface area contributed by atoms with Gasteiger partial charge in [-0.15, -0.1) is 22.9 Å². The van der Waals surface area contributed by atoms with Gasteiger partial charge in [0.15, 0.2) is 9.84 Å². The van der Waals surface area contributed by atoms with Crippen LogP contribution in [-0.2, 0) is 21.2 Å². The van der Waals surface area contributed by atoms with Gasteiger partial charge in [-0.2, -0.15) is 0 Å². The van der Waals surface area contributed by atoms with Crippen LogP contribution in [0.5, 0.6) is 0 Å². The van der Waals surface area contributed by atoms with Gasteiger partial charge in [0.25, 0.3) is 0 Å². The Balaban J connectivity index is 2.23. The summed E-state index contributed by atoms with van der Waals surface area (Å²) in [6.45, 7) is 2.34. The van der Waals surface area contributed by atoms with Crippen LogP contribution in [0.2, 0.25) is 0 Å². The fourth-order valence-corrected chi connectivity index (χ4v) is 4.93. The first-order chi connectivity index (χ1) is 9.84. The first-order valence-electron chi connectivity index (χ1n) is 6.96. The normalized spacial score (nSPS) is 17.3. The van der Waals surface area contributed by atoms with E-state index in [2.05, 4.69) is 0 Å². The molecule has 118 valence electrons. The number of nitrogens with zero attached hydrogens (tertiary/aromatic N) is 1. The maximum atomic E-state index is 12.1. The van der Waals surface area contributed by atoms with Crippen molar-refractivity contribution in [2.45, 2.75) is 43.0 Å². The molecule has 4 nitrogen and oxygen atoms in total. The molecular weight excluding hydrogens is 330 g/mol. The molecule has 1 aromatic heterocycles. The molecule has 1 amide bonds. The van der Waals surface area contributed by atoms with Crippen molar-refractivity contribution in [3.05, 3.63) is 17.0 Å². The Morgan fingerprint density at radius 2 is 2.19 bits per heavy atom. The monoisotopic (exact) mass is 349 g/mol. The van der Waals surface area contributed by atoms with Gasteiger partial charge in [0, 0.05) is 24.4 Å². The summed E-state index contributed by atoms with van der Waals surface area (Å²) in [7, 11) is -3.26. The first-order valence-corrected chi connectivity index (χ1v) is 10.3. The second-order valence-electron chi connectivity index (χ2n) is 5.59. The van der Waals surface area contributed by atoms with E-state index in [9.17, 15) is 13.2 Å². The third-order valence-electron chi connectivity index (χ3n) is 4.14. The summed E-state index contributed by atoms with van der Waals surface area (Å²) in [6.07, 6.45) is 4.64. The van der Waals surface area contributed by atoms with Gasteiger partial charge in [-0.3, -0.25) is 4.79 Å². The van der Waals surface area contributed by atoms with Crippen LogP contribution in [0.4, 0.5) is 0 Å². The molecule has 1 saturated carbocycles. The average Bonchev–Trinajstić information content (AvgIpc) is 2.80. The Labute approximate surface area is 135 Å². The molecule has 0 aromatic carbocycles. The molecule has 0 spiro atoms. The Kier molecular flexibility index (Phi) is 5.33. The third kappa shape index (κ3) is 3.79. The third-order valence-corrected chi connectivity index (χ3v) is 7.25. The lowest BCUT2D eigenvalue weighted by Gasteiger charge is -2.39. The highest BCUT2D eigenvalue weighted by Crippen LogP contribution is 2.33. The summed E-state index contributed by atoms with van der Waals surface area (Å²) in [5.74, 6) is 0.286.